The van der Waals surface area contributed by atoms with Crippen molar-refractivity contribution in [3.05, 3.63) is 39.8 Å². The van der Waals surface area contributed by atoms with E-state index in [1.165, 1.54) is 9.80 Å². The van der Waals surface area contributed by atoms with Crippen molar-refractivity contribution in [1.82, 2.24) is 15.1 Å². The number of piperidine rings is 1. The number of imide groups is 1. The molecule has 1 unspecified atom stereocenters. The second kappa shape index (κ2) is 12.4. The number of benzene rings is 1. The SMILES string of the molecule is CC(C)(C)OC(=O)N(CCOCCN=[N+]=[N-])CC(=O)Nc1ccc2c(c1)CN(C1CCC(=O)NC1=O)C2=O. The predicted octanol–water partition coefficient (Wildman–Crippen LogP) is 1.95. The smallest absolute Gasteiger partial charge is 0.410 e. The minimum atomic E-state index is -0.769. The number of nitrogens with zero attached hydrogens (tertiary/aromatic N) is 5. The van der Waals surface area contributed by atoms with Crippen LogP contribution in [0.4, 0.5) is 10.5 Å². The van der Waals surface area contributed by atoms with E-state index in [0.29, 0.717) is 16.8 Å². The van der Waals surface area contributed by atoms with Crippen LogP contribution in [0.3, 0.4) is 0 Å². The summed E-state index contributed by atoms with van der Waals surface area (Å²) in [6, 6.07) is 4.05. The first kappa shape index (κ1) is 28.4. The fourth-order valence-electron chi connectivity index (χ4n) is 4.01. The Hall–Kier alpha value is -4.16. The molecular formula is C24H31N7O7. The largest absolute Gasteiger partial charge is 0.444 e. The van der Waals surface area contributed by atoms with Crippen molar-refractivity contribution >= 4 is 35.4 Å². The zero-order valence-corrected chi connectivity index (χ0v) is 21.6. The molecule has 2 heterocycles. The Morgan fingerprint density at radius 3 is 2.71 bits per heavy atom. The molecule has 0 saturated carbocycles. The lowest BCUT2D eigenvalue weighted by Gasteiger charge is -2.29. The summed E-state index contributed by atoms with van der Waals surface area (Å²) >= 11 is 0. The van der Waals surface area contributed by atoms with Gasteiger partial charge in [-0.2, -0.15) is 0 Å². The molecule has 1 atom stereocenters. The number of rotatable bonds is 10. The minimum Gasteiger partial charge on any atom is -0.444 e. The van der Waals surface area contributed by atoms with Crippen molar-refractivity contribution in [2.75, 3.05) is 38.2 Å². The molecule has 14 nitrogen and oxygen atoms in total. The summed E-state index contributed by atoms with van der Waals surface area (Å²) in [6.45, 7) is 5.47. The van der Waals surface area contributed by atoms with Gasteiger partial charge in [-0.25, -0.2) is 4.79 Å². The number of hydrogen-bond acceptors (Lipinski definition) is 8. The van der Waals surface area contributed by atoms with E-state index < -0.39 is 29.6 Å². The molecule has 38 heavy (non-hydrogen) atoms. The summed E-state index contributed by atoms with van der Waals surface area (Å²) in [5.41, 5.74) is 9.01. The van der Waals surface area contributed by atoms with Gasteiger partial charge >= 0.3 is 6.09 Å². The number of nitrogens with one attached hydrogen (secondary N) is 2. The first-order chi connectivity index (χ1) is 18.0. The van der Waals surface area contributed by atoms with E-state index in [4.69, 9.17) is 15.0 Å². The number of ether oxygens (including phenoxy) is 2. The molecule has 5 amide bonds. The molecule has 2 aliphatic heterocycles. The number of anilines is 1. The average molecular weight is 530 g/mol. The minimum absolute atomic E-state index is 0.0677. The molecule has 1 aromatic carbocycles. The van der Waals surface area contributed by atoms with Crippen LogP contribution in [0.2, 0.25) is 0 Å². The van der Waals surface area contributed by atoms with E-state index in [2.05, 4.69) is 20.7 Å². The lowest BCUT2D eigenvalue weighted by atomic mass is 10.0. The number of carbonyl (C=O) groups is 5. The quantitative estimate of drug-likeness (QED) is 0.152. The van der Waals surface area contributed by atoms with E-state index in [9.17, 15) is 24.0 Å². The van der Waals surface area contributed by atoms with Crippen molar-refractivity contribution in [2.24, 2.45) is 5.11 Å². The molecule has 204 valence electrons. The van der Waals surface area contributed by atoms with Crippen LogP contribution in [-0.2, 0) is 30.4 Å². The van der Waals surface area contributed by atoms with Gasteiger partial charge in [-0.15, -0.1) is 0 Å². The highest BCUT2D eigenvalue weighted by Crippen LogP contribution is 2.29. The van der Waals surface area contributed by atoms with Crippen LogP contribution in [0.1, 0.15) is 49.5 Å². The van der Waals surface area contributed by atoms with Crippen LogP contribution in [-0.4, -0.2) is 84.0 Å². The third kappa shape index (κ3) is 7.67. The fraction of sp³-hybridized carbons (Fsp3) is 0.542. The number of carbonyl (C=O) groups excluding carboxylic acids is 5. The van der Waals surface area contributed by atoms with Gasteiger partial charge in [0.25, 0.3) is 5.91 Å². The van der Waals surface area contributed by atoms with Gasteiger partial charge in [-0.05, 0) is 56.5 Å². The third-order valence-corrected chi connectivity index (χ3v) is 5.70. The molecule has 2 aliphatic rings. The van der Waals surface area contributed by atoms with Gasteiger partial charge in [-0.1, -0.05) is 5.11 Å². The summed E-state index contributed by atoms with van der Waals surface area (Å²) in [6.07, 6.45) is -0.278. The molecule has 0 aliphatic carbocycles. The summed E-state index contributed by atoms with van der Waals surface area (Å²) in [5, 5.41) is 8.35. The zero-order valence-electron chi connectivity index (χ0n) is 21.6. The molecular weight excluding hydrogens is 498 g/mol. The van der Waals surface area contributed by atoms with E-state index in [1.54, 1.807) is 39.0 Å². The molecule has 14 heteroatoms. The van der Waals surface area contributed by atoms with Gasteiger partial charge in [0, 0.05) is 42.2 Å². The predicted molar refractivity (Wildman–Crippen MR) is 134 cm³/mol. The second-order valence-electron chi connectivity index (χ2n) is 9.79. The summed E-state index contributed by atoms with van der Waals surface area (Å²) in [7, 11) is 0. The van der Waals surface area contributed by atoms with Gasteiger partial charge < -0.3 is 19.7 Å². The summed E-state index contributed by atoms with van der Waals surface area (Å²) in [5.74, 6) is -1.67. The standard InChI is InChI=1S/C24H31N7O7/c1-24(2,3)38-23(36)30(9-11-37-10-8-26-29-25)14-20(33)27-16-4-5-17-15(12-16)13-31(22(17)35)18-6-7-19(32)28-21(18)34/h4-5,12,18H,6-11,13-14H2,1-3H3,(H,27,33)(H,28,32,34). The molecule has 1 aromatic rings. The van der Waals surface area contributed by atoms with Gasteiger partial charge in [0.05, 0.1) is 13.2 Å². The Labute approximate surface area is 219 Å². The van der Waals surface area contributed by atoms with E-state index >= 15 is 0 Å². The zero-order chi connectivity index (χ0) is 27.9. The highest BCUT2D eigenvalue weighted by molar-refractivity contribution is 6.05. The van der Waals surface area contributed by atoms with E-state index in [0.717, 1.165) is 0 Å². The monoisotopic (exact) mass is 529 g/mol. The number of hydrogen-bond donors (Lipinski definition) is 2. The molecule has 1 fully saturated rings. The van der Waals surface area contributed by atoms with Crippen molar-refractivity contribution in [3.8, 4) is 0 Å². The van der Waals surface area contributed by atoms with Crippen molar-refractivity contribution in [1.29, 1.82) is 0 Å². The topological polar surface area (TPSA) is 183 Å². The molecule has 0 bridgehead atoms. The Balaban J connectivity index is 1.62. The van der Waals surface area contributed by atoms with E-state index in [-0.39, 0.29) is 64.0 Å². The molecule has 0 spiro atoms. The van der Waals surface area contributed by atoms with Crippen LogP contribution in [0.5, 0.6) is 0 Å². The van der Waals surface area contributed by atoms with Gasteiger partial charge in [-0.3, -0.25) is 29.4 Å². The van der Waals surface area contributed by atoms with Crippen LogP contribution >= 0.6 is 0 Å². The lowest BCUT2D eigenvalue weighted by Crippen LogP contribution is -2.52. The number of azide groups is 1. The maximum atomic E-state index is 12.9. The Morgan fingerprint density at radius 1 is 1.26 bits per heavy atom. The van der Waals surface area contributed by atoms with Crippen LogP contribution in [0, 0.1) is 0 Å². The fourth-order valence-corrected chi connectivity index (χ4v) is 4.01. The van der Waals surface area contributed by atoms with Gasteiger partial charge in [0.1, 0.15) is 18.2 Å². The molecule has 1 saturated heterocycles. The van der Waals surface area contributed by atoms with Gasteiger partial charge in [0.15, 0.2) is 0 Å². The highest BCUT2D eigenvalue weighted by atomic mass is 16.6. The second-order valence-corrected chi connectivity index (χ2v) is 9.79. The summed E-state index contributed by atoms with van der Waals surface area (Å²) in [4.78, 5) is 67.2. The first-order valence-electron chi connectivity index (χ1n) is 12.1. The number of amides is 5. The molecule has 2 N–H and O–H groups in total. The molecule has 0 radical (unpaired) electrons. The first-order valence-corrected chi connectivity index (χ1v) is 12.1. The molecule has 0 aromatic heterocycles. The molecule has 3 rings (SSSR count). The number of fused-ring (bicyclic) bond motifs is 1. The third-order valence-electron chi connectivity index (χ3n) is 5.70. The lowest BCUT2D eigenvalue weighted by molar-refractivity contribution is -0.137. The van der Waals surface area contributed by atoms with Gasteiger partial charge in [0.2, 0.25) is 17.7 Å². The maximum Gasteiger partial charge on any atom is 0.410 e. The maximum absolute atomic E-state index is 12.9. The van der Waals surface area contributed by atoms with Crippen molar-refractivity contribution < 1.29 is 33.4 Å². The summed E-state index contributed by atoms with van der Waals surface area (Å²) < 4.78 is 10.7. The van der Waals surface area contributed by atoms with E-state index in [1.807, 2.05) is 0 Å². The van der Waals surface area contributed by atoms with Crippen LogP contribution < -0.4 is 10.6 Å². The average Bonchev–Trinajstić information content (AvgIpc) is 3.14. The normalized spacial score (nSPS) is 16.9. The van der Waals surface area contributed by atoms with Crippen molar-refractivity contribution in [2.45, 2.75) is 51.8 Å². The Kier molecular flexibility index (Phi) is 9.26. The Bertz CT molecular complexity index is 1160. The van der Waals surface area contributed by atoms with Crippen LogP contribution in [0.15, 0.2) is 23.3 Å². The van der Waals surface area contributed by atoms with Crippen molar-refractivity contribution in [3.63, 3.8) is 0 Å². The Morgan fingerprint density at radius 2 is 2.03 bits per heavy atom. The van der Waals surface area contributed by atoms with Crippen LogP contribution in [0.25, 0.3) is 10.4 Å². The highest BCUT2D eigenvalue weighted by Gasteiger charge is 2.39.